The smallest absolute Gasteiger partial charge is 0.240 e. The summed E-state index contributed by atoms with van der Waals surface area (Å²) in [6.07, 6.45) is 1.95. The fourth-order valence-corrected chi connectivity index (χ4v) is 3.13. The molecule has 1 aliphatic rings. The number of nitrogens with zero attached hydrogens (tertiary/aromatic N) is 2. The number of thioether (sulfide) groups is 1. The molecule has 1 amide bonds. The van der Waals surface area contributed by atoms with Gasteiger partial charge in [0, 0.05) is 17.9 Å². The summed E-state index contributed by atoms with van der Waals surface area (Å²) in [5, 5.41) is 2.58. The number of carbonyl (C=O) groups excluding carboxylic acids is 2. The third-order valence-corrected chi connectivity index (χ3v) is 4.26. The molecule has 0 radical (unpaired) electrons. The minimum absolute atomic E-state index is 0.0491. The summed E-state index contributed by atoms with van der Waals surface area (Å²) in [7, 11) is 0. The normalized spacial score (nSPS) is 18.4. The van der Waals surface area contributed by atoms with Gasteiger partial charge in [-0.3, -0.25) is 9.59 Å². The average molecular weight is 311 g/mol. The van der Waals surface area contributed by atoms with Crippen LogP contribution in [0.25, 0.3) is 11.0 Å². The van der Waals surface area contributed by atoms with Crippen molar-refractivity contribution in [3.05, 3.63) is 30.1 Å². The molecule has 3 rings (SSSR count). The van der Waals surface area contributed by atoms with Crippen LogP contribution < -0.4 is 5.32 Å². The van der Waals surface area contributed by atoms with Crippen LogP contribution in [-0.2, 0) is 16.1 Å². The highest BCUT2D eigenvalue weighted by atomic mass is 32.2. The molecule has 2 aromatic rings. The maximum Gasteiger partial charge on any atom is 0.240 e. The number of rotatable bonds is 3. The SMILES string of the molecule is O=C(Cn1cnc2cc(F)c(F)cc21)NC1CCSC1=O. The van der Waals surface area contributed by atoms with Crippen molar-refractivity contribution >= 4 is 33.8 Å². The third kappa shape index (κ3) is 2.76. The zero-order valence-corrected chi connectivity index (χ0v) is 11.6. The lowest BCUT2D eigenvalue weighted by Gasteiger charge is -2.10. The van der Waals surface area contributed by atoms with Crippen molar-refractivity contribution in [2.75, 3.05) is 5.75 Å². The summed E-state index contributed by atoms with van der Waals surface area (Å²) < 4.78 is 27.8. The van der Waals surface area contributed by atoms with Gasteiger partial charge in [-0.25, -0.2) is 13.8 Å². The monoisotopic (exact) mass is 311 g/mol. The second-order valence-electron chi connectivity index (χ2n) is 4.70. The molecule has 1 aromatic carbocycles. The van der Waals surface area contributed by atoms with Crippen LogP contribution in [0.4, 0.5) is 8.78 Å². The van der Waals surface area contributed by atoms with Crippen molar-refractivity contribution < 1.29 is 18.4 Å². The van der Waals surface area contributed by atoms with Gasteiger partial charge in [0.1, 0.15) is 6.54 Å². The van der Waals surface area contributed by atoms with Gasteiger partial charge in [0.25, 0.3) is 0 Å². The van der Waals surface area contributed by atoms with E-state index in [1.54, 1.807) is 0 Å². The summed E-state index contributed by atoms with van der Waals surface area (Å²) in [6.45, 7) is -0.101. The first-order valence-electron chi connectivity index (χ1n) is 6.30. The zero-order valence-electron chi connectivity index (χ0n) is 10.8. The standard InChI is InChI=1S/C13H11F2N3O2S/c14-7-3-10-11(4-8(7)15)18(6-16-10)5-12(19)17-9-1-2-21-13(9)20/h3-4,6,9H,1-2,5H2,(H,17,19). The minimum atomic E-state index is -0.993. The van der Waals surface area contributed by atoms with Gasteiger partial charge in [-0.2, -0.15) is 0 Å². The molecule has 1 fully saturated rings. The Labute approximate surface area is 122 Å². The molecule has 110 valence electrons. The zero-order chi connectivity index (χ0) is 15.0. The second kappa shape index (κ2) is 5.44. The van der Waals surface area contributed by atoms with E-state index in [1.807, 2.05) is 0 Å². The second-order valence-corrected chi connectivity index (χ2v) is 5.80. The number of hydrogen-bond donors (Lipinski definition) is 1. The lowest BCUT2D eigenvalue weighted by Crippen LogP contribution is -2.38. The molecule has 0 saturated carbocycles. The molecule has 1 atom stereocenters. The van der Waals surface area contributed by atoms with Gasteiger partial charge in [0.05, 0.1) is 23.4 Å². The molecule has 8 heteroatoms. The molecule has 1 aliphatic heterocycles. The Morgan fingerprint density at radius 1 is 1.43 bits per heavy atom. The first-order valence-corrected chi connectivity index (χ1v) is 7.29. The van der Waals surface area contributed by atoms with Crippen molar-refractivity contribution in [3.8, 4) is 0 Å². The molecule has 1 saturated heterocycles. The third-order valence-electron chi connectivity index (χ3n) is 3.25. The number of halogens is 2. The van der Waals surface area contributed by atoms with Gasteiger partial charge in [-0.05, 0) is 6.42 Å². The Bertz CT molecular complexity index is 732. The van der Waals surface area contributed by atoms with Crippen molar-refractivity contribution in [1.82, 2.24) is 14.9 Å². The van der Waals surface area contributed by atoms with Gasteiger partial charge in [-0.1, -0.05) is 11.8 Å². The molecule has 0 aliphatic carbocycles. The summed E-state index contributed by atoms with van der Waals surface area (Å²) in [5.41, 5.74) is 0.602. The van der Waals surface area contributed by atoms with Crippen LogP contribution in [-0.4, -0.2) is 32.4 Å². The minimum Gasteiger partial charge on any atom is -0.344 e. The Kier molecular flexibility index (Phi) is 3.62. The van der Waals surface area contributed by atoms with Crippen LogP contribution >= 0.6 is 11.8 Å². The topological polar surface area (TPSA) is 64.0 Å². The molecule has 21 heavy (non-hydrogen) atoms. The van der Waals surface area contributed by atoms with Gasteiger partial charge in [-0.15, -0.1) is 0 Å². The highest BCUT2D eigenvalue weighted by molar-refractivity contribution is 8.14. The number of carbonyl (C=O) groups is 2. The predicted octanol–water partition coefficient (Wildman–Crippen LogP) is 1.46. The van der Waals surface area contributed by atoms with E-state index in [9.17, 15) is 18.4 Å². The lowest BCUT2D eigenvalue weighted by atomic mass is 10.2. The Morgan fingerprint density at radius 2 is 2.19 bits per heavy atom. The number of hydrogen-bond acceptors (Lipinski definition) is 4. The molecule has 0 spiro atoms. The first kappa shape index (κ1) is 14.0. The van der Waals surface area contributed by atoms with Gasteiger partial charge >= 0.3 is 0 Å². The number of aromatic nitrogens is 2. The van der Waals surface area contributed by atoms with E-state index >= 15 is 0 Å². The molecular weight excluding hydrogens is 300 g/mol. The number of nitrogens with one attached hydrogen (secondary N) is 1. The Balaban J connectivity index is 1.77. The molecule has 1 unspecified atom stereocenters. The largest absolute Gasteiger partial charge is 0.344 e. The van der Waals surface area contributed by atoms with Crippen LogP contribution in [0.15, 0.2) is 18.5 Å². The van der Waals surface area contributed by atoms with E-state index in [-0.39, 0.29) is 23.1 Å². The van der Waals surface area contributed by atoms with Gasteiger partial charge in [0.15, 0.2) is 11.6 Å². The summed E-state index contributed by atoms with van der Waals surface area (Å²) >= 11 is 1.20. The molecule has 2 heterocycles. The van der Waals surface area contributed by atoms with Crippen LogP contribution in [0.3, 0.4) is 0 Å². The van der Waals surface area contributed by atoms with Crippen LogP contribution in [0.2, 0.25) is 0 Å². The summed E-state index contributed by atoms with van der Waals surface area (Å²) in [6, 6.07) is 1.52. The maximum absolute atomic E-state index is 13.3. The van der Waals surface area contributed by atoms with Crippen LogP contribution in [0.5, 0.6) is 0 Å². The van der Waals surface area contributed by atoms with Gasteiger partial charge in [0.2, 0.25) is 11.0 Å². The summed E-state index contributed by atoms with van der Waals surface area (Å²) in [4.78, 5) is 27.3. The van der Waals surface area contributed by atoms with Crippen molar-refractivity contribution in [2.45, 2.75) is 19.0 Å². The molecule has 1 N–H and O–H groups in total. The van der Waals surface area contributed by atoms with E-state index in [1.165, 1.54) is 22.7 Å². The van der Waals surface area contributed by atoms with Crippen molar-refractivity contribution in [1.29, 1.82) is 0 Å². The van der Waals surface area contributed by atoms with Crippen molar-refractivity contribution in [3.63, 3.8) is 0 Å². The Hall–Kier alpha value is -1.96. The van der Waals surface area contributed by atoms with Crippen LogP contribution in [0, 0.1) is 11.6 Å². The van der Waals surface area contributed by atoms with E-state index in [0.717, 1.165) is 12.1 Å². The van der Waals surface area contributed by atoms with E-state index in [4.69, 9.17) is 0 Å². The van der Waals surface area contributed by atoms with Crippen molar-refractivity contribution in [2.24, 2.45) is 0 Å². The fraction of sp³-hybridized carbons (Fsp3) is 0.308. The van der Waals surface area contributed by atoms with Gasteiger partial charge < -0.3 is 9.88 Å². The number of fused-ring (bicyclic) bond motifs is 1. The van der Waals surface area contributed by atoms with E-state index in [0.29, 0.717) is 17.7 Å². The van der Waals surface area contributed by atoms with E-state index < -0.39 is 17.7 Å². The maximum atomic E-state index is 13.3. The average Bonchev–Trinajstić information content (AvgIpc) is 2.99. The van der Waals surface area contributed by atoms with E-state index in [2.05, 4.69) is 10.3 Å². The highest BCUT2D eigenvalue weighted by Crippen LogP contribution is 2.20. The Morgan fingerprint density at radius 3 is 2.90 bits per heavy atom. The molecule has 5 nitrogen and oxygen atoms in total. The molecule has 0 bridgehead atoms. The quantitative estimate of drug-likeness (QED) is 0.932. The highest BCUT2D eigenvalue weighted by Gasteiger charge is 2.26. The predicted molar refractivity (Wildman–Crippen MR) is 73.7 cm³/mol. The number of benzene rings is 1. The first-order chi connectivity index (χ1) is 10.0. The molecule has 1 aromatic heterocycles. The lowest BCUT2D eigenvalue weighted by molar-refractivity contribution is -0.124. The molecular formula is C13H11F2N3O2S. The summed E-state index contributed by atoms with van der Waals surface area (Å²) in [5.74, 6) is -1.64. The number of amides is 1. The fourth-order valence-electron chi connectivity index (χ4n) is 2.20. The van der Waals surface area contributed by atoms with Crippen LogP contribution in [0.1, 0.15) is 6.42 Å². The number of imidazole rings is 1.